The average Bonchev–Trinajstić information content (AvgIpc) is 3.00. The number of carbonyl (C=O) groups is 1. The minimum Gasteiger partial charge on any atom is -0.493 e. The van der Waals surface area contributed by atoms with Gasteiger partial charge >= 0.3 is 0 Å². The fourth-order valence-electron chi connectivity index (χ4n) is 2.39. The van der Waals surface area contributed by atoms with Crippen LogP contribution in [0.2, 0.25) is 10.0 Å². The van der Waals surface area contributed by atoms with Crippen LogP contribution >= 0.6 is 46.7 Å². The summed E-state index contributed by atoms with van der Waals surface area (Å²) < 4.78 is 11.4. The molecule has 0 fully saturated rings. The van der Waals surface area contributed by atoms with Gasteiger partial charge in [0.05, 0.1) is 14.2 Å². The Balaban J connectivity index is 1.81. The lowest BCUT2D eigenvalue weighted by Gasteiger charge is -2.11. The van der Waals surface area contributed by atoms with E-state index in [4.69, 9.17) is 32.7 Å². The largest absolute Gasteiger partial charge is 0.493 e. The van der Waals surface area contributed by atoms with Crippen LogP contribution in [-0.4, -0.2) is 23.7 Å². The quantitative estimate of drug-likeness (QED) is 0.541. The van der Waals surface area contributed by atoms with Crippen LogP contribution in [0.5, 0.6) is 11.5 Å². The molecule has 3 rings (SSSR count). The minimum atomic E-state index is -0.116. The molecule has 1 aliphatic heterocycles. The molecule has 0 N–H and O–H groups in total. The summed E-state index contributed by atoms with van der Waals surface area (Å²) in [7, 11) is 3.07. The standard InChI is InChI=1S/C19H15Cl2NO3S2/c1-24-16-9-14(21)7-12(17(16)25-2)8-15-18(23)27-19(22-15)26-10-11-3-5-13(20)6-4-11/h3-9H,10H2,1-2H3/b15-8-. The number of nitrogens with zero attached hydrogens (tertiary/aromatic N) is 1. The van der Waals surface area contributed by atoms with Gasteiger partial charge in [-0.25, -0.2) is 4.99 Å². The van der Waals surface area contributed by atoms with Gasteiger partial charge in [0.1, 0.15) is 10.1 Å². The number of carbonyl (C=O) groups excluding carboxylic acids is 1. The number of rotatable bonds is 5. The molecule has 4 nitrogen and oxygen atoms in total. The molecule has 2 aromatic rings. The molecule has 8 heteroatoms. The second kappa shape index (κ2) is 9.06. The van der Waals surface area contributed by atoms with Gasteiger partial charge in [-0.05, 0) is 41.6 Å². The van der Waals surface area contributed by atoms with Crippen molar-refractivity contribution in [2.75, 3.05) is 14.2 Å². The summed E-state index contributed by atoms with van der Waals surface area (Å²) in [5.41, 5.74) is 2.10. The van der Waals surface area contributed by atoms with Crippen LogP contribution in [0.3, 0.4) is 0 Å². The molecule has 1 heterocycles. The van der Waals surface area contributed by atoms with Crippen molar-refractivity contribution in [2.24, 2.45) is 4.99 Å². The highest BCUT2D eigenvalue weighted by molar-refractivity contribution is 8.45. The van der Waals surface area contributed by atoms with E-state index in [1.807, 2.05) is 24.3 Å². The topological polar surface area (TPSA) is 47.9 Å². The van der Waals surface area contributed by atoms with Gasteiger partial charge in [-0.15, -0.1) is 0 Å². The first-order valence-corrected chi connectivity index (χ1v) is 10.4. The van der Waals surface area contributed by atoms with Gasteiger partial charge in [-0.2, -0.15) is 0 Å². The summed E-state index contributed by atoms with van der Waals surface area (Å²) in [5, 5.41) is 1.07. The molecule has 0 bridgehead atoms. The highest BCUT2D eigenvalue weighted by atomic mass is 35.5. The normalized spacial score (nSPS) is 15.2. The van der Waals surface area contributed by atoms with E-state index in [1.165, 1.54) is 26.0 Å². The molecular weight excluding hydrogens is 425 g/mol. The maximum atomic E-state index is 12.3. The molecule has 0 saturated carbocycles. The van der Waals surface area contributed by atoms with Gasteiger partial charge in [-0.1, -0.05) is 47.1 Å². The third-order valence-electron chi connectivity index (χ3n) is 3.64. The maximum absolute atomic E-state index is 12.3. The Morgan fingerprint density at radius 1 is 1.11 bits per heavy atom. The lowest BCUT2D eigenvalue weighted by molar-refractivity contribution is -0.107. The van der Waals surface area contributed by atoms with E-state index in [-0.39, 0.29) is 5.12 Å². The van der Waals surface area contributed by atoms with E-state index in [2.05, 4.69) is 4.99 Å². The molecule has 0 aromatic heterocycles. The first-order chi connectivity index (χ1) is 13.0. The smallest absolute Gasteiger partial charge is 0.244 e. The van der Waals surface area contributed by atoms with Gasteiger partial charge < -0.3 is 9.47 Å². The Bertz CT molecular complexity index is 927. The summed E-state index contributed by atoms with van der Waals surface area (Å²) in [6.45, 7) is 0. The highest BCUT2D eigenvalue weighted by Crippen LogP contribution is 2.38. The Kier molecular flexibility index (Phi) is 6.76. The predicted octanol–water partition coefficient (Wildman–Crippen LogP) is 5.91. The Morgan fingerprint density at radius 2 is 1.85 bits per heavy atom. The van der Waals surface area contributed by atoms with E-state index in [1.54, 1.807) is 18.2 Å². The van der Waals surface area contributed by atoms with Gasteiger partial charge in [0, 0.05) is 27.4 Å². The third-order valence-corrected chi connectivity index (χ3v) is 6.19. The van der Waals surface area contributed by atoms with Gasteiger partial charge in [0.2, 0.25) is 5.12 Å². The van der Waals surface area contributed by atoms with Crippen LogP contribution in [0, 0.1) is 0 Å². The van der Waals surface area contributed by atoms with Crippen molar-refractivity contribution >= 4 is 62.3 Å². The third kappa shape index (κ3) is 5.02. The van der Waals surface area contributed by atoms with Crippen molar-refractivity contribution in [2.45, 2.75) is 5.75 Å². The number of benzene rings is 2. The predicted molar refractivity (Wildman–Crippen MR) is 115 cm³/mol. The van der Waals surface area contributed by atoms with E-state index < -0.39 is 0 Å². The zero-order valence-corrected chi connectivity index (χ0v) is 17.6. The number of hydrogen-bond acceptors (Lipinski definition) is 6. The summed E-state index contributed by atoms with van der Waals surface area (Å²) in [6, 6.07) is 11.0. The number of methoxy groups -OCH3 is 2. The lowest BCUT2D eigenvalue weighted by atomic mass is 10.1. The zero-order valence-electron chi connectivity index (χ0n) is 14.5. The second-order valence-electron chi connectivity index (χ2n) is 5.44. The fourth-order valence-corrected chi connectivity index (χ4v) is 4.53. The number of ether oxygens (including phenoxy) is 2. The van der Waals surface area contributed by atoms with Crippen molar-refractivity contribution in [1.82, 2.24) is 0 Å². The SMILES string of the molecule is COc1cc(Cl)cc(/C=C2\N=C(SCc3ccc(Cl)cc3)SC2=O)c1OC. The Labute approximate surface area is 175 Å². The summed E-state index contributed by atoms with van der Waals surface area (Å²) in [4.78, 5) is 16.8. The molecule has 0 amide bonds. The van der Waals surface area contributed by atoms with Crippen molar-refractivity contribution < 1.29 is 14.3 Å². The van der Waals surface area contributed by atoms with Crippen molar-refractivity contribution in [3.05, 3.63) is 63.3 Å². The fraction of sp³-hybridized carbons (Fsp3) is 0.158. The second-order valence-corrected chi connectivity index (χ2v) is 8.50. The molecule has 0 radical (unpaired) electrons. The molecule has 0 unspecified atom stereocenters. The molecular formula is C19H15Cl2NO3S2. The average molecular weight is 440 g/mol. The van der Waals surface area contributed by atoms with Crippen LogP contribution in [0.1, 0.15) is 11.1 Å². The first kappa shape index (κ1) is 20.1. The maximum Gasteiger partial charge on any atom is 0.244 e. The minimum absolute atomic E-state index is 0.116. The van der Waals surface area contributed by atoms with Gasteiger partial charge in [0.15, 0.2) is 11.5 Å². The number of hydrogen-bond donors (Lipinski definition) is 0. The number of aliphatic imine (C=N–C) groups is 1. The molecule has 2 aromatic carbocycles. The van der Waals surface area contributed by atoms with Crippen LogP contribution in [0.25, 0.3) is 6.08 Å². The molecule has 0 atom stereocenters. The van der Waals surface area contributed by atoms with Crippen molar-refractivity contribution in [1.29, 1.82) is 0 Å². The number of thioether (sulfide) groups is 2. The monoisotopic (exact) mass is 439 g/mol. The Hall–Kier alpha value is -1.60. The van der Waals surface area contributed by atoms with Crippen LogP contribution < -0.4 is 9.47 Å². The van der Waals surface area contributed by atoms with Crippen molar-refractivity contribution in [3.63, 3.8) is 0 Å². The van der Waals surface area contributed by atoms with E-state index in [0.29, 0.717) is 42.9 Å². The first-order valence-electron chi connectivity index (χ1n) is 7.81. The molecule has 140 valence electrons. The van der Waals surface area contributed by atoms with Gasteiger partial charge in [0.25, 0.3) is 0 Å². The van der Waals surface area contributed by atoms with Crippen LogP contribution in [0.15, 0.2) is 47.1 Å². The van der Waals surface area contributed by atoms with E-state index in [0.717, 1.165) is 17.3 Å². The lowest BCUT2D eigenvalue weighted by Crippen LogP contribution is -1.95. The molecule has 1 aliphatic rings. The highest BCUT2D eigenvalue weighted by Gasteiger charge is 2.23. The number of halogens is 2. The molecule has 0 aliphatic carbocycles. The van der Waals surface area contributed by atoms with E-state index in [9.17, 15) is 4.79 Å². The van der Waals surface area contributed by atoms with Gasteiger partial charge in [-0.3, -0.25) is 4.79 Å². The van der Waals surface area contributed by atoms with Crippen molar-refractivity contribution in [3.8, 4) is 11.5 Å². The molecule has 27 heavy (non-hydrogen) atoms. The van der Waals surface area contributed by atoms with Crippen LogP contribution in [-0.2, 0) is 10.5 Å². The Morgan fingerprint density at radius 3 is 2.52 bits per heavy atom. The molecule has 0 spiro atoms. The summed E-state index contributed by atoms with van der Waals surface area (Å²) in [6.07, 6.45) is 1.67. The molecule has 0 saturated heterocycles. The summed E-state index contributed by atoms with van der Waals surface area (Å²) >= 11 is 14.7. The zero-order chi connectivity index (χ0) is 19.4. The van der Waals surface area contributed by atoms with Crippen LogP contribution in [0.4, 0.5) is 0 Å². The van der Waals surface area contributed by atoms with E-state index >= 15 is 0 Å². The summed E-state index contributed by atoms with van der Waals surface area (Å²) in [5.74, 6) is 1.71.